The molecule has 2 fully saturated rings. The van der Waals surface area contributed by atoms with Crippen molar-refractivity contribution < 1.29 is 23.0 Å². The molecule has 1 aromatic heterocycles. The van der Waals surface area contributed by atoms with Gasteiger partial charge in [0.15, 0.2) is 23.2 Å². The molecule has 0 saturated carbocycles. The summed E-state index contributed by atoms with van der Waals surface area (Å²) in [5, 5.41) is 0.442. The summed E-state index contributed by atoms with van der Waals surface area (Å²) < 4.78 is 44.8. The minimum atomic E-state index is -0.773. The van der Waals surface area contributed by atoms with Gasteiger partial charge >= 0.3 is 0 Å². The van der Waals surface area contributed by atoms with E-state index in [1.807, 2.05) is 0 Å². The number of halogens is 2. The number of methoxy groups -OCH3 is 1. The molecule has 4 rings (SSSR count). The molecule has 7 heteroatoms. The van der Waals surface area contributed by atoms with Crippen LogP contribution >= 0.6 is 0 Å². The monoisotopic (exact) mass is 336 g/mol. The second-order valence-corrected chi connectivity index (χ2v) is 6.03. The maximum absolute atomic E-state index is 14.4. The van der Waals surface area contributed by atoms with Crippen LogP contribution in [0.25, 0.3) is 10.9 Å². The van der Waals surface area contributed by atoms with Gasteiger partial charge in [0.2, 0.25) is 0 Å². The van der Waals surface area contributed by atoms with Gasteiger partial charge in [-0.15, -0.1) is 0 Å². The van der Waals surface area contributed by atoms with Crippen LogP contribution in [0.3, 0.4) is 0 Å². The number of nitrogens with zero attached hydrogens (tertiary/aromatic N) is 2. The molecule has 0 aliphatic carbocycles. The zero-order chi connectivity index (χ0) is 16.7. The van der Waals surface area contributed by atoms with Crippen molar-refractivity contribution in [2.24, 2.45) is 0 Å². The highest BCUT2D eigenvalue weighted by molar-refractivity contribution is 5.93. The van der Waals surface area contributed by atoms with E-state index < -0.39 is 23.2 Å². The third-order valence-corrected chi connectivity index (χ3v) is 4.75. The summed E-state index contributed by atoms with van der Waals surface area (Å²) >= 11 is 0. The van der Waals surface area contributed by atoms with E-state index in [-0.39, 0.29) is 5.52 Å². The summed E-state index contributed by atoms with van der Waals surface area (Å²) in [6.45, 7) is 2.62. The van der Waals surface area contributed by atoms with Gasteiger partial charge in [0.05, 0.1) is 20.3 Å². The normalized spacial score (nSPS) is 20.0. The molecule has 2 aromatic rings. The number of hydrogen-bond acceptors (Lipinski definition) is 5. The Labute approximate surface area is 138 Å². The fourth-order valence-electron chi connectivity index (χ4n) is 3.52. The van der Waals surface area contributed by atoms with Gasteiger partial charge in [-0.1, -0.05) is 0 Å². The average Bonchev–Trinajstić information content (AvgIpc) is 3.04. The number of aromatic nitrogens is 1. The first-order chi connectivity index (χ1) is 11.6. The van der Waals surface area contributed by atoms with Gasteiger partial charge in [-0.3, -0.25) is 4.98 Å². The van der Waals surface area contributed by atoms with E-state index >= 15 is 0 Å². The van der Waals surface area contributed by atoms with E-state index in [9.17, 15) is 8.78 Å². The molecule has 3 heterocycles. The van der Waals surface area contributed by atoms with Crippen molar-refractivity contribution in [3.05, 3.63) is 30.0 Å². The Bertz CT molecular complexity index is 768. The highest BCUT2D eigenvalue weighted by atomic mass is 19.1. The Balaban J connectivity index is 1.70. The molecule has 1 aromatic carbocycles. The molecule has 2 saturated heterocycles. The van der Waals surface area contributed by atoms with Crippen LogP contribution in [0.15, 0.2) is 18.3 Å². The van der Waals surface area contributed by atoms with E-state index in [2.05, 4.69) is 9.88 Å². The van der Waals surface area contributed by atoms with Gasteiger partial charge in [-0.2, -0.15) is 0 Å². The van der Waals surface area contributed by atoms with Crippen molar-refractivity contribution in [1.82, 2.24) is 4.98 Å². The van der Waals surface area contributed by atoms with Crippen LogP contribution in [0.4, 0.5) is 14.5 Å². The highest BCUT2D eigenvalue weighted by Crippen LogP contribution is 2.37. The zero-order valence-corrected chi connectivity index (χ0v) is 13.3. The molecule has 5 nitrogen and oxygen atoms in total. The number of piperidine rings is 1. The minimum Gasteiger partial charge on any atom is -0.491 e. The number of rotatable bonds is 2. The Morgan fingerprint density at radius 1 is 1.21 bits per heavy atom. The van der Waals surface area contributed by atoms with E-state index in [1.54, 1.807) is 6.07 Å². The van der Waals surface area contributed by atoms with E-state index in [0.717, 1.165) is 18.5 Å². The predicted octanol–water partition coefficient (Wildman–Crippen LogP) is 2.86. The van der Waals surface area contributed by atoms with Crippen molar-refractivity contribution in [3.63, 3.8) is 0 Å². The molecule has 0 N–H and O–H groups in total. The summed E-state index contributed by atoms with van der Waals surface area (Å²) in [6.07, 6.45) is 2.97. The summed E-state index contributed by atoms with van der Waals surface area (Å²) in [7, 11) is 1.24. The van der Waals surface area contributed by atoms with Crippen LogP contribution < -0.4 is 9.64 Å². The Kier molecular flexibility index (Phi) is 3.77. The van der Waals surface area contributed by atoms with Gasteiger partial charge in [0.1, 0.15) is 5.52 Å². The van der Waals surface area contributed by atoms with Crippen LogP contribution in [0.5, 0.6) is 5.75 Å². The molecule has 1 spiro atoms. The first-order valence-corrected chi connectivity index (χ1v) is 7.97. The van der Waals surface area contributed by atoms with Crippen LogP contribution in [-0.2, 0) is 9.47 Å². The third kappa shape index (κ3) is 2.39. The largest absolute Gasteiger partial charge is 0.491 e. The van der Waals surface area contributed by atoms with Crippen molar-refractivity contribution in [3.8, 4) is 5.75 Å². The number of fused-ring (bicyclic) bond motifs is 1. The Morgan fingerprint density at radius 3 is 2.58 bits per heavy atom. The lowest BCUT2D eigenvalue weighted by Crippen LogP contribution is -2.45. The maximum atomic E-state index is 14.4. The summed E-state index contributed by atoms with van der Waals surface area (Å²) in [5.41, 5.74) is 0.868. The van der Waals surface area contributed by atoms with Gasteiger partial charge in [0, 0.05) is 43.2 Å². The smallest absolute Gasteiger partial charge is 0.194 e. The van der Waals surface area contributed by atoms with Crippen molar-refractivity contribution in [2.45, 2.75) is 18.6 Å². The average molecular weight is 336 g/mol. The maximum Gasteiger partial charge on any atom is 0.194 e. The van der Waals surface area contributed by atoms with E-state index in [1.165, 1.54) is 19.4 Å². The lowest BCUT2D eigenvalue weighted by molar-refractivity contribution is -0.169. The lowest BCUT2D eigenvalue weighted by Gasteiger charge is -2.39. The molecule has 24 heavy (non-hydrogen) atoms. The number of pyridine rings is 1. The second-order valence-electron chi connectivity index (χ2n) is 6.03. The summed E-state index contributed by atoms with van der Waals surface area (Å²) in [5.74, 6) is -2.39. The SMILES string of the molecule is COc1c(F)cc2c(N3CCC4(CC3)OCCO4)ccnc2c1F. The molecule has 128 valence electrons. The van der Waals surface area contributed by atoms with Crippen LogP contribution in [0.2, 0.25) is 0 Å². The van der Waals surface area contributed by atoms with Gasteiger partial charge in [0.25, 0.3) is 0 Å². The molecule has 2 aliphatic heterocycles. The predicted molar refractivity (Wildman–Crippen MR) is 84.3 cm³/mol. The first-order valence-electron chi connectivity index (χ1n) is 7.97. The van der Waals surface area contributed by atoms with Crippen LogP contribution in [0.1, 0.15) is 12.8 Å². The van der Waals surface area contributed by atoms with Crippen molar-refractivity contribution >= 4 is 16.6 Å². The Hall–Kier alpha value is -1.99. The molecule has 0 unspecified atom stereocenters. The fraction of sp³-hybridized carbons (Fsp3) is 0.471. The number of ether oxygens (including phenoxy) is 3. The standard InChI is InChI=1S/C17H18F2N2O3/c1-22-16-12(18)10-11-13(2-5-20-15(11)14(16)19)21-6-3-17(4-7-21)23-8-9-24-17/h2,5,10H,3-4,6-9H2,1H3. The number of benzene rings is 1. The topological polar surface area (TPSA) is 43.8 Å². The highest BCUT2D eigenvalue weighted by Gasteiger charge is 2.40. The number of anilines is 1. The third-order valence-electron chi connectivity index (χ3n) is 4.75. The van der Waals surface area contributed by atoms with Crippen molar-refractivity contribution in [2.75, 3.05) is 38.3 Å². The molecular weight excluding hydrogens is 318 g/mol. The second kappa shape index (κ2) is 5.82. The minimum absolute atomic E-state index is 0.111. The number of hydrogen-bond donors (Lipinski definition) is 0. The van der Waals surface area contributed by atoms with Gasteiger partial charge in [-0.05, 0) is 12.1 Å². The molecule has 0 radical (unpaired) electrons. The molecule has 2 aliphatic rings. The lowest BCUT2D eigenvalue weighted by atomic mass is 10.0. The van der Waals surface area contributed by atoms with Crippen molar-refractivity contribution in [1.29, 1.82) is 0 Å². The van der Waals surface area contributed by atoms with E-state index in [4.69, 9.17) is 14.2 Å². The molecule has 0 amide bonds. The Morgan fingerprint density at radius 2 is 1.92 bits per heavy atom. The van der Waals surface area contributed by atoms with E-state index in [0.29, 0.717) is 31.7 Å². The molecular formula is C17H18F2N2O3. The van der Waals surface area contributed by atoms with Gasteiger partial charge < -0.3 is 19.1 Å². The fourth-order valence-corrected chi connectivity index (χ4v) is 3.52. The van der Waals surface area contributed by atoms with Gasteiger partial charge in [-0.25, -0.2) is 8.78 Å². The quantitative estimate of drug-likeness (QED) is 0.844. The summed E-state index contributed by atoms with van der Waals surface area (Å²) in [4.78, 5) is 6.15. The van der Waals surface area contributed by atoms with Crippen LogP contribution in [0, 0.1) is 11.6 Å². The van der Waals surface area contributed by atoms with Crippen LogP contribution in [-0.4, -0.2) is 44.2 Å². The molecule has 0 bridgehead atoms. The first kappa shape index (κ1) is 15.5. The summed E-state index contributed by atoms with van der Waals surface area (Å²) in [6, 6.07) is 3.06. The zero-order valence-electron chi connectivity index (χ0n) is 13.3. The molecule has 0 atom stereocenters.